The number of hydrogen-bond acceptors (Lipinski definition) is 6. The van der Waals surface area contributed by atoms with Crippen molar-refractivity contribution in [3.63, 3.8) is 0 Å². The molecule has 0 heterocycles. The predicted molar refractivity (Wildman–Crippen MR) is 138 cm³/mol. The number of carbonyl (C=O) groups excluding carboxylic acids is 3. The molecular weight excluding hydrogens is 529 g/mol. The highest BCUT2D eigenvalue weighted by atomic mass is 19.2. The van der Waals surface area contributed by atoms with E-state index in [9.17, 15) is 32.7 Å². The van der Waals surface area contributed by atoms with Crippen LogP contribution in [0.15, 0.2) is 60.7 Å². The molecule has 9 nitrogen and oxygen atoms in total. The standard InChI is InChI=1S/C28H25F3N4O5/c1-16(36)26(28(39)35-40)34-27(38)19-8-4-17(5-9-19)2-3-18-6-11-21(12-7-18)33-23(37)15-32-14-20-10-13-22(29)25(31)24(20)30/h4-13,16,26,32,36,40H,14-15H2,1H3,(H,33,37)(H,34,38)(H,35,39). The second kappa shape index (κ2) is 13.9. The molecule has 12 heteroatoms. The summed E-state index contributed by atoms with van der Waals surface area (Å²) in [5, 5.41) is 26.0. The minimum absolute atomic E-state index is 0.107. The first kappa shape index (κ1) is 29.9. The van der Waals surface area contributed by atoms with Gasteiger partial charge in [-0.05, 0) is 61.5 Å². The van der Waals surface area contributed by atoms with Crippen LogP contribution in [0.25, 0.3) is 0 Å². The smallest absolute Gasteiger partial charge is 0.268 e. The zero-order valence-electron chi connectivity index (χ0n) is 21.1. The third kappa shape index (κ3) is 8.15. The Morgan fingerprint density at radius 3 is 2.05 bits per heavy atom. The van der Waals surface area contributed by atoms with Gasteiger partial charge in [0.25, 0.3) is 11.8 Å². The van der Waals surface area contributed by atoms with Gasteiger partial charge < -0.3 is 21.1 Å². The number of anilines is 1. The third-order valence-electron chi connectivity index (χ3n) is 5.54. The molecule has 2 atom stereocenters. The van der Waals surface area contributed by atoms with Crippen LogP contribution in [0, 0.1) is 29.3 Å². The molecule has 6 N–H and O–H groups in total. The van der Waals surface area contributed by atoms with Crippen molar-refractivity contribution in [1.82, 2.24) is 16.1 Å². The number of amides is 3. The summed E-state index contributed by atoms with van der Waals surface area (Å²) in [6.45, 7) is 0.935. The molecule has 3 aromatic carbocycles. The predicted octanol–water partition coefficient (Wildman–Crippen LogP) is 2.22. The molecule has 3 amide bonds. The maximum absolute atomic E-state index is 13.7. The van der Waals surface area contributed by atoms with Crippen LogP contribution in [0.3, 0.4) is 0 Å². The molecule has 0 aliphatic carbocycles. The van der Waals surface area contributed by atoms with E-state index in [-0.39, 0.29) is 24.2 Å². The number of hydroxylamine groups is 1. The highest BCUT2D eigenvalue weighted by molar-refractivity contribution is 5.97. The van der Waals surface area contributed by atoms with Gasteiger partial charge in [-0.25, -0.2) is 18.7 Å². The lowest BCUT2D eigenvalue weighted by Crippen LogP contribution is -2.51. The summed E-state index contributed by atoms with van der Waals surface area (Å²) >= 11 is 0. The Hall–Kier alpha value is -4.70. The first-order valence-electron chi connectivity index (χ1n) is 11.9. The van der Waals surface area contributed by atoms with E-state index < -0.39 is 47.3 Å². The fraction of sp³-hybridized carbons (Fsp3) is 0.179. The maximum Gasteiger partial charge on any atom is 0.268 e. The molecule has 0 spiro atoms. The van der Waals surface area contributed by atoms with Gasteiger partial charge >= 0.3 is 0 Å². The van der Waals surface area contributed by atoms with Gasteiger partial charge in [0.1, 0.15) is 6.04 Å². The normalized spacial score (nSPS) is 11.9. The van der Waals surface area contributed by atoms with E-state index in [0.29, 0.717) is 16.8 Å². The summed E-state index contributed by atoms with van der Waals surface area (Å²) < 4.78 is 40.0. The lowest BCUT2D eigenvalue weighted by molar-refractivity contribution is -0.133. The first-order valence-corrected chi connectivity index (χ1v) is 11.9. The van der Waals surface area contributed by atoms with Gasteiger partial charge in [0.2, 0.25) is 5.91 Å². The lowest BCUT2D eigenvalue weighted by Gasteiger charge is -2.19. The fourth-order valence-electron chi connectivity index (χ4n) is 3.40. The Bertz CT molecular complexity index is 1440. The van der Waals surface area contributed by atoms with Crippen LogP contribution in [-0.2, 0) is 16.1 Å². The lowest BCUT2D eigenvalue weighted by atomic mass is 10.1. The van der Waals surface area contributed by atoms with Crippen LogP contribution >= 0.6 is 0 Å². The highest BCUT2D eigenvalue weighted by Crippen LogP contribution is 2.15. The Morgan fingerprint density at radius 1 is 0.875 bits per heavy atom. The van der Waals surface area contributed by atoms with Crippen LogP contribution in [0.1, 0.15) is 34.0 Å². The van der Waals surface area contributed by atoms with E-state index in [1.165, 1.54) is 24.5 Å². The number of benzene rings is 3. The molecule has 0 aromatic heterocycles. The fourth-order valence-corrected chi connectivity index (χ4v) is 3.40. The van der Waals surface area contributed by atoms with Gasteiger partial charge in [-0.15, -0.1) is 0 Å². The van der Waals surface area contributed by atoms with Crippen LogP contribution in [-0.4, -0.2) is 46.7 Å². The van der Waals surface area contributed by atoms with Crippen molar-refractivity contribution in [2.75, 3.05) is 11.9 Å². The van der Waals surface area contributed by atoms with Crippen molar-refractivity contribution in [1.29, 1.82) is 0 Å². The summed E-state index contributed by atoms with van der Waals surface area (Å²) in [7, 11) is 0. The zero-order valence-corrected chi connectivity index (χ0v) is 21.1. The van der Waals surface area contributed by atoms with E-state index in [1.807, 2.05) is 0 Å². The highest BCUT2D eigenvalue weighted by Gasteiger charge is 2.25. The van der Waals surface area contributed by atoms with Gasteiger partial charge in [-0.1, -0.05) is 17.9 Å². The first-order chi connectivity index (χ1) is 19.1. The van der Waals surface area contributed by atoms with Gasteiger partial charge in [0.05, 0.1) is 12.6 Å². The molecule has 0 saturated heterocycles. The molecule has 0 radical (unpaired) electrons. The van der Waals surface area contributed by atoms with Gasteiger partial charge in [-0.2, -0.15) is 0 Å². The van der Waals surface area contributed by atoms with Crippen LogP contribution < -0.4 is 21.4 Å². The minimum atomic E-state index is -1.56. The van der Waals surface area contributed by atoms with Gasteiger partial charge in [0.15, 0.2) is 17.5 Å². The summed E-state index contributed by atoms with van der Waals surface area (Å²) in [6.07, 6.45) is -1.23. The second-order valence-corrected chi connectivity index (χ2v) is 8.56. The number of halogens is 3. The van der Waals surface area contributed by atoms with Crippen molar-refractivity contribution < 1.29 is 37.9 Å². The molecule has 0 aliphatic heterocycles. The third-order valence-corrected chi connectivity index (χ3v) is 5.54. The maximum atomic E-state index is 13.7. The Kier molecular flexibility index (Phi) is 10.4. The molecule has 2 unspecified atom stereocenters. The van der Waals surface area contributed by atoms with E-state index >= 15 is 0 Å². The van der Waals surface area contributed by atoms with Crippen LogP contribution in [0.5, 0.6) is 0 Å². The summed E-state index contributed by atoms with van der Waals surface area (Å²) in [6, 6.07) is 13.4. The Morgan fingerprint density at radius 2 is 1.48 bits per heavy atom. The molecule has 40 heavy (non-hydrogen) atoms. The molecule has 3 rings (SSSR count). The summed E-state index contributed by atoms with van der Waals surface area (Å²) in [5.74, 6) is -0.288. The van der Waals surface area contributed by atoms with E-state index in [0.717, 1.165) is 12.1 Å². The van der Waals surface area contributed by atoms with Crippen LogP contribution in [0.2, 0.25) is 0 Å². The van der Waals surface area contributed by atoms with Crippen LogP contribution in [0.4, 0.5) is 18.9 Å². The van der Waals surface area contributed by atoms with Crippen molar-refractivity contribution in [3.05, 3.63) is 100 Å². The Balaban J connectivity index is 1.51. The monoisotopic (exact) mass is 554 g/mol. The SMILES string of the molecule is CC(O)C(NC(=O)c1ccc(C#Cc2ccc(NC(=O)CNCc3ccc(F)c(F)c3F)cc2)cc1)C(=O)NO. The summed E-state index contributed by atoms with van der Waals surface area (Å²) in [4.78, 5) is 36.0. The minimum Gasteiger partial charge on any atom is -0.391 e. The van der Waals surface area contributed by atoms with Crippen molar-refractivity contribution in [3.8, 4) is 11.8 Å². The number of hydrogen-bond donors (Lipinski definition) is 6. The molecule has 208 valence electrons. The average Bonchev–Trinajstić information content (AvgIpc) is 2.95. The number of aliphatic hydroxyl groups is 1. The van der Waals surface area contributed by atoms with Crippen molar-refractivity contribution >= 4 is 23.4 Å². The summed E-state index contributed by atoms with van der Waals surface area (Å²) in [5.41, 5.74) is 3.21. The van der Waals surface area contributed by atoms with E-state index in [4.69, 9.17) is 5.21 Å². The molecule has 0 fully saturated rings. The number of nitrogens with one attached hydrogen (secondary N) is 4. The molecular formula is C28H25F3N4O5. The number of aliphatic hydroxyl groups excluding tert-OH is 1. The molecule has 0 aliphatic rings. The molecule has 0 saturated carbocycles. The van der Waals surface area contributed by atoms with E-state index in [2.05, 4.69) is 27.8 Å². The number of carbonyl (C=O) groups is 3. The van der Waals surface area contributed by atoms with Gasteiger partial charge in [0, 0.05) is 34.5 Å². The van der Waals surface area contributed by atoms with Crippen molar-refractivity contribution in [2.24, 2.45) is 0 Å². The topological polar surface area (TPSA) is 140 Å². The second-order valence-electron chi connectivity index (χ2n) is 8.56. The molecule has 3 aromatic rings. The zero-order chi connectivity index (χ0) is 29.2. The average molecular weight is 555 g/mol. The van der Waals surface area contributed by atoms with Gasteiger partial charge in [-0.3, -0.25) is 19.6 Å². The Labute approximate surface area is 227 Å². The van der Waals surface area contributed by atoms with E-state index in [1.54, 1.807) is 36.4 Å². The molecule has 0 bridgehead atoms. The quantitative estimate of drug-likeness (QED) is 0.104. The largest absolute Gasteiger partial charge is 0.391 e. The number of rotatable bonds is 9. The van der Waals surface area contributed by atoms with Crippen molar-refractivity contribution in [2.45, 2.75) is 25.6 Å².